The summed E-state index contributed by atoms with van der Waals surface area (Å²) >= 11 is 0. The van der Waals surface area contributed by atoms with Crippen molar-refractivity contribution in [3.8, 4) is 0 Å². The summed E-state index contributed by atoms with van der Waals surface area (Å²) < 4.78 is 56.1. The van der Waals surface area contributed by atoms with Gasteiger partial charge in [0.05, 0.1) is 12.4 Å². The minimum absolute atomic E-state index is 0.00655. The summed E-state index contributed by atoms with van der Waals surface area (Å²) in [7, 11) is 0. The van der Waals surface area contributed by atoms with E-state index in [0.717, 1.165) is 24.6 Å². The van der Waals surface area contributed by atoms with Crippen molar-refractivity contribution in [3.05, 3.63) is 82.8 Å². The third-order valence-electron chi connectivity index (χ3n) is 7.27. The molecule has 0 aliphatic heterocycles. The van der Waals surface area contributed by atoms with Crippen LogP contribution in [0.3, 0.4) is 0 Å². The van der Waals surface area contributed by atoms with Gasteiger partial charge in [0.1, 0.15) is 17.2 Å². The molecule has 0 spiro atoms. The topological polar surface area (TPSA) is 88.0 Å². The highest BCUT2D eigenvalue weighted by Crippen LogP contribution is 2.26. The summed E-state index contributed by atoms with van der Waals surface area (Å²) in [4.78, 5) is 30.3. The predicted octanol–water partition coefficient (Wildman–Crippen LogP) is 4.75. The van der Waals surface area contributed by atoms with Gasteiger partial charge >= 0.3 is 0 Å². The lowest BCUT2D eigenvalue weighted by Crippen LogP contribution is -2.48. The van der Waals surface area contributed by atoms with Crippen LogP contribution in [0.2, 0.25) is 0 Å². The van der Waals surface area contributed by atoms with Crippen molar-refractivity contribution in [2.24, 2.45) is 0 Å². The van der Waals surface area contributed by atoms with Gasteiger partial charge in [0, 0.05) is 24.8 Å². The van der Waals surface area contributed by atoms with Gasteiger partial charge in [0.2, 0.25) is 11.8 Å². The Kier molecular flexibility index (Phi) is 8.92. The Labute approximate surface area is 230 Å². The zero-order chi connectivity index (χ0) is 29.0. The molecule has 2 aromatic carbocycles. The van der Waals surface area contributed by atoms with Crippen molar-refractivity contribution in [3.63, 3.8) is 0 Å². The zero-order valence-corrected chi connectivity index (χ0v) is 22.7. The highest BCUT2D eigenvalue weighted by atomic mass is 19.2. The number of carbonyl (C=O) groups is 2. The Balaban J connectivity index is 1.37. The maximum Gasteiger partial charge on any atom is 0.245 e. The number of fused-ring (bicyclic) bond motifs is 1. The first-order valence-corrected chi connectivity index (χ1v) is 13.3. The van der Waals surface area contributed by atoms with Crippen LogP contribution in [0.25, 0.3) is 0 Å². The minimum atomic E-state index is -1.10. The van der Waals surface area contributed by atoms with Crippen LogP contribution in [0.4, 0.5) is 23.4 Å². The third kappa shape index (κ3) is 6.70. The number of aromatic nitrogens is 2. The number of nitrogens with one attached hydrogen (secondary N) is 3. The number of amides is 2. The van der Waals surface area contributed by atoms with Crippen LogP contribution in [0.15, 0.2) is 42.9 Å². The first kappa shape index (κ1) is 29.3. The van der Waals surface area contributed by atoms with E-state index in [4.69, 9.17) is 0 Å². The van der Waals surface area contributed by atoms with E-state index in [0.29, 0.717) is 42.4 Å². The largest absolute Gasteiger partial charge is 0.350 e. The normalized spacial score (nSPS) is 15.8. The first-order valence-electron chi connectivity index (χ1n) is 13.3. The second kappa shape index (κ2) is 12.2. The van der Waals surface area contributed by atoms with Gasteiger partial charge in [-0.25, -0.2) is 22.5 Å². The molecule has 0 unspecified atom stereocenters. The summed E-state index contributed by atoms with van der Waals surface area (Å²) in [6, 6.07) is 4.96. The zero-order valence-electron chi connectivity index (χ0n) is 22.7. The number of rotatable bonds is 10. The van der Waals surface area contributed by atoms with Crippen LogP contribution < -0.4 is 16.0 Å². The molecule has 3 aromatic rings. The van der Waals surface area contributed by atoms with Crippen LogP contribution in [0.1, 0.15) is 56.7 Å². The fourth-order valence-electron chi connectivity index (χ4n) is 4.86. The molecule has 2 atom stereocenters. The highest BCUT2D eigenvalue weighted by Gasteiger charge is 2.31. The van der Waals surface area contributed by atoms with Gasteiger partial charge in [-0.05, 0) is 74.4 Å². The molecule has 1 aromatic heterocycles. The maximum absolute atomic E-state index is 14.3. The summed E-state index contributed by atoms with van der Waals surface area (Å²) in [6.07, 6.45) is 5.75. The number of anilines is 1. The molecule has 7 nitrogen and oxygen atoms in total. The van der Waals surface area contributed by atoms with E-state index in [1.807, 2.05) is 6.92 Å². The molecular weight excluding hydrogens is 526 g/mol. The quantitative estimate of drug-likeness (QED) is 0.313. The van der Waals surface area contributed by atoms with E-state index in [1.54, 1.807) is 24.6 Å². The number of carbonyl (C=O) groups excluding carboxylic acids is 2. The number of halogens is 4. The van der Waals surface area contributed by atoms with Gasteiger partial charge in [-0.2, -0.15) is 0 Å². The van der Waals surface area contributed by atoms with Crippen molar-refractivity contribution in [1.29, 1.82) is 0 Å². The molecule has 3 N–H and O–H groups in total. The SMILES string of the molecule is CCC[C@H](N[C@H]1CCc2cc(F)cc(F)c2C1)C(=O)Nc1cn(C(C)(C)C(=O)NCc2ccc(F)c(F)c2)cn1. The fourth-order valence-corrected chi connectivity index (χ4v) is 4.86. The molecule has 4 rings (SSSR count). The van der Waals surface area contributed by atoms with E-state index in [9.17, 15) is 27.2 Å². The van der Waals surface area contributed by atoms with E-state index >= 15 is 0 Å². The number of nitrogens with zero attached hydrogens (tertiary/aromatic N) is 2. The number of benzene rings is 2. The maximum atomic E-state index is 14.3. The molecule has 11 heteroatoms. The van der Waals surface area contributed by atoms with E-state index in [2.05, 4.69) is 20.9 Å². The van der Waals surface area contributed by atoms with E-state index < -0.39 is 34.8 Å². The molecule has 0 fully saturated rings. The predicted molar refractivity (Wildman–Crippen MR) is 142 cm³/mol. The molecule has 0 saturated heterocycles. The van der Waals surface area contributed by atoms with Crippen molar-refractivity contribution < 1.29 is 27.2 Å². The monoisotopic (exact) mass is 559 g/mol. The molecule has 2 amide bonds. The second-order valence-electron chi connectivity index (χ2n) is 10.6. The van der Waals surface area contributed by atoms with Gasteiger partial charge in [-0.3, -0.25) is 9.59 Å². The summed E-state index contributed by atoms with van der Waals surface area (Å²) in [5, 5.41) is 8.83. The van der Waals surface area contributed by atoms with Crippen LogP contribution in [-0.2, 0) is 34.5 Å². The number of hydrogen-bond donors (Lipinski definition) is 3. The molecule has 1 aliphatic rings. The Morgan fingerprint density at radius 1 is 1.10 bits per heavy atom. The first-order chi connectivity index (χ1) is 19.0. The lowest BCUT2D eigenvalue weighted by molar-refractivity contribution is -0.128. The molecule has 214 valence electrons. The fraction of sp³-hybridized carbons (Fsp3) is 0.414. The Morgan fingerprint density at radius 2 is 1.88 bits per heavy atom. The van der Waals surface area contributed by atoms with Crippen LogP contribution in [-0.4, -0.2) is 33.4 Å². The van der Waals surface area contributed by atoms with Crippen molar-refractivity contribution in [1.82, 2.24) is 20.2 Å². The molecular formula is C29H33F4N5O2. The Bertz CT molecular complexity index is 1390. The lowest BCUT2D eigenvalue weighted by Gasteiger charge is -2.29. The van der Waals surface area contributed by atoms with Gasteiger partial charge in [-0.15, -0.1) is 0 Å². The van der Waals surface area contributed by atoms with Gasteiger partial charge in [0.15, 0.2) is 17.5 Å². The van der Waals surface area contributed by atoms with Crippen LogP contribution in [0, 0.1) is 23.3 Å². The Hall–Kier alpha value is -3.73. The molecule has 0 bridgehead atoms. The number of imidazole rings is 1. The van der Waals surface area contributed by atoms with E-state index in [1.165, 1.54) is 18.5 Å². The highest BCUT2D eigenvalue weighted by molar-refractivity contribution is 5.94. The lowest BCUT2D eigenvalue weighted by atomic mass is 9.87. The van der Waals surface area contributed by atoms with E-state index in [-0.39, 0.29) is 30.2 Å². The average molecular weight is 560 g/mol. The molecule has 40 heavy (non-hydrogen) atoms. The van der Waals surface area contributed by atoms with Crippen LogP contribution >= 0.6 is 0 Å². The van der Waals surface area contributed by atoms with Crippen molar-refractivity contribution in [2.45, 2.75) is 77.0 Å². The summed E-state index contributed by atoms with van der Waals surface area (Å²) in [5.74, 6) is -3.55. The smallest absolute Gasteiger partial charge is 0.245 e. The molecule has 1 heterocycles. The molecule has 0 saturated carbocycles. The van der Waals surface area contributed by atoms with Gasteiger partial charge < -0.3 is 20.5 Å². The van der Waals surface area contributed by atoms with Gasteiger partial charge in [0.25, 0.3) is 0 Å². The molecule has 1 aliphatic carbocycles. The third-order valence-corrected chi connectivity index (χ3v) is 7.27. The second-order valence-corrected chi connectivity index (χ2v) is 10.6. The number of hydrogen-bond acceptors (Lipinski definition) is 4. The van der Waals surface area contributed by atoms with Crippen LogP contribution in [0.5, 0.6) is 0 Å². The van der Waals surface area contributed by atoms with Gasteiger partial charge in [-0.1, -0.05) is 19.4 Å². The van der Waals surface area contributed by atoms with Crippen molar-refractivity contribution >= 4 is 17.6 Å². The summed E-state index contributed by atoms with van der Waals surface area (Å²) in [5.41, 5.74) is 0.445. The molecule has 0 radical (unpaired) electrons. The Morgan fingerprint density at radius 3 is 2.60 bits per heavy atom. The summed E-state index contributed by atoms with van der Waals surface area (Å²) in [6.45, 7) is 5.28. The average Bonchev–Trinajstić information content (AvgIpc) is 3.38. The standard InChI is InChI=1S/C29H33F4N5O2/c1-4-5-25(36-20-8-7-18-11-19(30)12-23(32)21(18)13-20)27(39)37-26-15-38(16-35-26)29(2,3)28(40)34-14-17-6-9-22(31)24(33)10-17/h6,9-12,15-16,20,25,36H,4-5,7-8,13-14H2,1-3H3,(H,34,40)(H,37,39)/t20-,25-/m0/s1. The number of aryl methyl sites for hydroxylation is 1. The van der Waals surface area contributed by atoms with Crippen molar-refractivity contribution in [2.75, 3.05) is 5.32 Å². The minimum Gasteiger partial charge on any atom is -0.350 e.